The van der Waals surface area contributed by atoms with Crippen LogP contribution < -0.4 is 5.32 Å². The highest BCUT2D eigenvalue weighted by Gasteiger charge is 2.16. The molecule has 0 saturated carbocycles. The van der Waals surface area contributed by atoms with Gasteiger partial charge in [0.15, 0.2) is 0 Å². The first-order chi connectivity index (χ1) is 7.54. The molecule has 0 aromatic carbocycles. The van der Waals surface area contributed by atoms with Gasteiger partial charge in [0.25, 0.3) is 5.91 Å². The van der Waals surface area contributed by atoms with Gasteiger partial charge in [-0.05, 0) is 12.0 Å². The van der Waals surface area contributed by atoms with Gasteiger partial charge in [0.05, 0.1) is 11.8 Å². The average Bonchev–Trinajstić information content (AvgIpc) is 2.25. The molecule has 0 aliphatic carbocycles. The van der Waals surface area contributed by atoms with E-state index in [1.807, 2.05) is 13.8 Å². The Morgan fingerprint density at radius 3 is 2.75 bits per heavy atom. The molecule has 1 aromatic rings. The predicted octanol–water partition coefficient (Wildman–Crippen LogP) is 2.21. The number of halogens is 2. The fourth-order valence-electron chi connectivity index (χ4n) is 1.17. The van der Waals surface area contributed by atoms with Crippen LogP contribution in [0, 0.1) is 11.7 Å². The largest absolute Gasteiger partial charge is 0.348 e. The summed E-state index contributed by atoms with van der Waals surface area (Å²) < 4.78 is 12.8. The van der Waals surface area contributed by atoms with Gasteiger partial charge >= 0.3 is 0 Å². The van der Waals surface area contributed by atoms with Crippen molar-refractivity contribution in [3.63, 3.8) is 0 Å². The van der Waals surface area contributed by atoms with Gasteiger partial charge in [-0.25, -0.2) is 4.39 Å². The first-order valence-corrected chi connectivity index (χ1v) is 5.55. The molecule has 0 fully saturated rings. The van der Waals surface area contributed by atoms with E-state index in [0.29, 0.717) is 5.88 Å². The minimum atomic E-state index is -0.528. The van der Waals surface area contributed by atoms with E-state index in [0.717, 1.165) is 12.3 Å². The molecule has 1 N–H and O–H groups in total. The van der Waals surface area contributed by atoms with Crippen LogP contribution in [0.4, 0.5) is 4.39 Å². The van der Waals surface area contributed by atoms with Crippen molar-refractivity contribution in [1.82, 2.24) is 10.3 Å². The molecule has 1 unspecified atom stereocenters. The van der Waals surface area contributed by atoms with Crippen LogP contribution >= 0.6 is 11.6 Å². The van der Waals surface area contributed by atoms with Crippen LogP contribution in [0.3, 0.4) is 0 Å². The Bertz CT molecular complexity index is 371. The van der Waals surface area contributed by atoms with Gasteiger partial charge in [0.2, 0.25) is 0 Å². The summed E-state index contributed by atoms with van der Waals surface area (Å²) in [7, 11) is 0. The normalized spacial score (nSPS) is 12.6. The SMILES string of the molecule is CC(C)C(CCl)NC(=O)c1cncc(F)c1. The van der Waals surface area contributed by atoms with Crippen molar-refractivity contribution in [2.45, 2.75) is 19.9 Å². The maximum Gasteiger partial charge on any atom is 0.253 e. The van der Waals surface area contributed by atoms with Gasteiger partial charge in [-0.2, -0.15) is 0 Å². The molecule has 88 valence electrons. The van der Waals surface area contributed by atoms with E-state index in [1.54, 1.807) is 0 Å². The number of amides is 1. The molecule has 1 aromatic heterocycles. The van der Waals surface area contributed by atoms with Crippen LogP contribution in [0.15, 0.2) is 18.5 Å². The van der Waals surface area contributed by atoms with E-state index in [9.17, 15) is 9.18 Å². The number of pyridine rings is 1. The van der Waals surface area contributed by atoms with Crippen LogP contribution in [0.5, 0.6) is 0 Å². The third-order valence-electron chi connectivity index (χ3n) is 2.25. The zero-order valence-electron chi connectivity index (χ0n) is 9.21. The summed E-state index contributed by atoms with van der Waals surface area (Å²) in [5.74, 6) is -0.333. The Labute approximate surface area is 99.0 Å². The number of nitrogens with zero attached hydrogens (tertiary/aromatic N) is 1. The van der Waals surface area contributed by atoms with Gasteiger partial charge in [-0.1, -0.05) is 13.8 Å². The maximum absolute atomic E-state index is 12.8. The van der Waals surface area contributed by atoms with Crippen LogP contribution in [0.2, 0.25) is 0 Å². The minimum Gasteiger partial charge on any atom is -0.348 e. The molecular formula is C11H14ClFN2O. The van der Waals surface area contributed by atoms with E-state index >= 15 is 0 Å². The molecule has 1 amide bonds. The predicted molar refractivity (Wildman–Crippen MR) is 61.0 cm³/mol. The Hall–Kier alpha value is -1.16. The zero-order valence-corrected chi connectivity index (χ0v) is 9.96. The smallest absolute Gasteiger partial charge is 0.253 e. The molecule has 16 heavy (non-hydrogen) atoms. The highest BCUT2D eigenvalue weighted by molar-refractivity contribution is 6.18. The second-order valence-electron chi connectivity index (χ2n) is 3.87. The first-order valence-electron chi connectivity index (χ1n) is 5.02. The fourth-order valence-corrected chi connectivity index (χ4v) is 1.60. The van der Waals surface area contributed by atoms with E-state index in [2.05, 4.69) is 10.3 Å². The number of rotatable bonds is 4. The van der Waals surface area contributed by atoms with Crippen molar-refractivity contribution in [2.75, 3.05) is 5.88 Å². The van der Waals surface area contributed by atoms with Gasteiger partial charge < -0.3 is 5.32 Å². The number of carbonyl (C=O) groups is 1. The average molecular weight is 245 g/mol. The molecular weight excluding hydrogens is 231 g/mol. The Morgan fingerprint density at radius 2 is 2.25 bits per heavy atom. The summed E-state index contributed by atoms with van der Waals surface area (Å²) in [6.45, 7) is 3.91. The standard InChI is InChI=1S/C11H14ClFN2O/c1-7(2)10(4-12)15-11(16)8-3-9(13)6-14-5-8/h3,5-7,10H,4H2,1-2H3,(H,15,16). The monoisotopic (exact) mass is 244 g/mol. The second kappa shape index (κ2) is 5.80. The molecule has 0 aliphatic heterocycles. The van der Waals surface area contributed by atoms with Crippen molar-refractivity contribution in [2.24, 2.45) is 5.92 Å². The molecule has 5 heteroatoms. The minimum absolute atomic E-state index is 0.127. The summed E-state index contributed by atoms with van der Waals surface area (Å²) in [4.78, 5) is 15.3. The lowest BCUT2D eigenvalue weighted by Gasteiger charge is -2.19. The van der Waals surface area contributed by atoms with Gasteiger partial charge in [-0.15, -0.1) is 11.6 Å². The molecule has 0 radical (unpaired) electrons. The lowest BCUT2D eigenvalue weighted by atomic mass is 10.1. The number of aromatic nitrogens is 1. The number of nitrogens with one attached hydrogen (secondary N) is 1. The molecule has 1 atom stereocenters. The van der Waals surface area contributed by atoms with Crippen molar-refractivity contribution >= 4 is 17.5 Å². The Balaban J connectivity index is 2.72. The summed E-state index contributed by atoms with van der Waals surface area (Å²) >= 11 is 5.72. The Kier molecular flexibility index (Phi) is 4.68. The van der Waals surface area contributed by atoms with Gasteiger partial charge in [0, 0.05) is 18.1 Å². The lowest BCUT2D eigenvalue weighted by molar-refractivity contribution is 0.0930. The lowest BCUT2D eigenvalue weighted by Crippen LogP contribution is -2.39. The van der Waals surface area contributed by atoms with Crippen molar-refractivity contribution in [1.29, 1.82) is 0 Å². The summed E-state index contributed by atoms with van der Waals surface area (Å²) in [6.07, 6.45) is 2.38. The molecule has 0 aliphatic rings. The molecule has 0 spiro atoms. The number of hydrogen-bond donors (Lipinski definition) is 1. The van der Waals surface area contributed by atoms with Crippen molar-refractivity contribution in [3.8, 4) is 0 Å². The van der Waals surface area contributed by atoms with E-state index in [-0.39, 0.29) is 23.4 Å². The van der Waals surface area contributed by atoms with Gasteiger partial charge in [0.1, 0.15) is 5.82 Å². The maximum atomic E-state index is 12.8. The van der Waals surface area contributed by atoms with Crippen LogP contribution in [-0.2, 0) is 0 Å². The second-order valence-corrected chi connectivity index (χ2v) is 4.18. The van der Waals surface area contributed by atoms with Crippen LogP contribution in [0.25, 0.3) is 0 Å². The quantitative estimate of drug-likeness (QED) is 0.826. The molecule has 1 rings (SSSR count). The molecule has 0 bridgehead atoms. The van der Waals surface area contributed by atoms with Gasteiger partial charge in [-0.3, -0.25) is 9.78 Å². The fraction of sp³-hybridized carbons (Fsp3) is 0.455. The van der Waals surface area contributed by atoms with E-state index in [4.69, 9.17) is 11.6 Å². The third-order valence-corrected chi connectivity index (χ3v) is 2.59. The Morgan fingerprint density at radius 1 is 1.56 bits per heavy atom. The highest BCUT2D eigenvalue weighted by atomic mass is 35.5. The number of carbonyl (C=O) groups excluding carboxylic acids is 1. The number of hydrogen-bond acceptors (Lipinski definition) is 2. The molecule has 3 nitrogen and oxygen atoms in total. The van der Waals surface area contributed by atoms with Crippen molar-refractivity contribution < 1.29 is 9.18 Å². The van der Waals surface area contributed by atoms with Crippen LogP contribution in [-0.4, -0.2) is 22.8 Å². The highest BCUT2D eigenvalue weighted by Crippen LogP contribution is 2.06. The zero-order chi connectivity index (χ0) is 12.1. The summed E-state index contributed by atoms with van der Waals surface area (Å²) in [5.41, 5.74) is 0.204. The number of alkyl halides is 1. The molecule has 1 heterocycles. The van der Waals surface area contributed by atoms with Crippen LogP contribution in [0.1, 0.15) is 24.2 Å². The topological polar surface area (TPSA) is 42.0 Å². The van der Waals surface area contributed by atoms with E-state index in [1.165, 1.54) is 6.20 Å². The third kappa shape index (κ3) is 3.45. The van der Waals surface area contributed by atoms with E-state index < -0.39 is 5.82 Å². The summed E-state index contributed by atoms with van der Waals surface area (Å²) in [5, 5.41) is 2.73. The summed E-state index contributed by atoms with van der Waals surface area (Å²) in [6, 6.07) is 1.02. The first kappa shape index (κ1) is 12.9. The van der Waals surface area contributed by atoms with Crippen molar-refractivity contribution in [3.05, 3.63) is 29.8 Å². The molecule has 0 saturated heterocycles.